The lowest BCUT2D eigenvalue weighted by atomic mass is 9.84. The van der Waals surface area contributed by atoms with Crippen LogP contribution in [0, 0.1) is 5.92 Å². The largest absolute Gasteiger partial charge is 0.447 e. The van der Waals surface area contributed by atoms with Gasteiger partial charge in [0, 0.05) is 31.2 Å². The van der Waals surface area contributed by atoms with Crippen molar-refractivity contribution in [3.05, 3.63) is 42.0 Å². The van der Waals surface area contributed by atoms with Crippen LogP contribution in [-0.2, 0) is 4.74 Å². The summed E-state index contributed by atoms with van der Waals surface area (Å²) in [7, 11) is 0. The highest BCUT2D eigenvalue weighted by atomic mass is 32.1. The van der Waals surface area contributed by atoms with Crippen molar-refractivity contribution in [2.45, 2.75) is 18.9 Å². The van der Waals surface area contributed by atoms with Crippen molar-refractivity contribution >= 4 is 22.2 Å². The average molecular weight is 414 g/mol. The Morgan fingerprint density at radius 2 is 1.79 bits per heavy atom. The molecule has 0 aliphatic carbocycles. The number of carbonyl (C=O) groups is 1. The zero-order valence-corrected chi connectivity index (χ0v) is 17.3. The number of fused-ring (bicyclic) bond motifs is 3. The molecule has 6 nitrogen and oxygen atoms in total. The summed E-state index contributed by atoms with van der Waals surface area (Å²) in [6.45, 7) is 6.74. The van der Waals surface area contributed by atoms with Crippen LogP contribution in [0.5, 0.6) is 10.8 Å². The summed E-state index contributed by atoms with van der Waals surface area (Å²) in [5, 5.41) is 5.30. The van der Waals surface area contributed by atoms with Crippen LogP contribution in [0.2, 0.25) is 0 Å². The number of anilines is 1. The number of carbonyl (C=O) groups excluding carboxylic acids is 1. The molecule has 0 spiro atoms. The van der Waals surface area contributed by atoms with E-state index in [1.165, 1.54) is 30.9 Å². The maximum absolute atomic E-state index is 12.7. The predicted molar refractivity (Wildman–Crippen MR) is 114 cm³/mol. The van der Waals surface area contributed by atoms with E-state index in [-0.39, 0.29) is 11.9 Å². The topological polar surface area (TPSA) is 54.0 Å². The second kappa shape index (κ2) is 8.34. The monoisotopic (exact) mass is 413 g/mol. The van der Waals surface area contributed by atoms with Gasteiger partial charge in [0.25, 0.3) is 5.91 Å². The molecule has 2 bridgehead atoms. The third-order valence-electron chi connectivity index (χ3n) is 6.20. The van der Waals surface area contributed by atoms with E-state index in [9.17, 15) is 4.79 Å². The molecule has 29 heavy (non-hydrogen) atoms. The van der Waals surface area contributed by atoms with E-state index in [0.29, 0.717) is 11.5 Å². The molecule has 1 aromatic carbocycles. The number of hydrogen-bond acceptors (Lipinski definition) is 6. The Labute approximate surface area is 175 Å². The number of morpholine rings is 1. The summed E-state index contributed by atoms with van der Waals surface area (Å²) < 4.78 is 11.4. The van der Waals surface area contributed by atoms with E-state index in [1.54, 1.807) is 11.3 Å². The minimum Gasteiger partial charge on any atom is -0.447 e. The van der Waals surface area contributed by atoms with E-state index in [1.807, 2.05) is 30.3 Å². The standard InChI is InChI=1S/C22H27N3O3S/c26-22(23-19-15-24-9-7-16(19)8-10-24)17-1-3-18(4-2-17)28-21-6-5-20(29-21)25-11-13-27-14-12-25/h1-6,16,19H,7-15H2,(H,23,26). The zero-order valence-electron chi connectivity index (χ0n) is 16.5. The van der Waals surface area contributed by atoms with Crippen molar-refractivity contribution in [1.82, 2.24) is 10.2 Å². The summed E-state index contributed by atoms with van der Waals surface area (Å²) in [5.41, 5.74) is 0.689. The first-order chi connectivity index (χ1) is 14.2. The van der Waals surface area contributed by atoms with Gasteiger partial charge >= 0.3 is 0 Å². The molecule has 1 N–H and O–H groups in total. The van der Waals surface area contributed by atoms with Gasteiger partial charge in [-0.25, -0.2) is 0 Å². The maximum Gasteiger partial charge on any atom is 0.251 e. The van der Waals surface area contributed by atoms with E-state index < -0.39 is 0 Å². The van der Waals surface area contributed by atoms with Gasteiger partial charge in [-0.15, -0.1) is 0 Å². The lowest BCUT2D eigenvalue weighted by molar-refractivity contribution is 0.0620. The second-order valence-corrected chi connectivity index (χ2v) is 9.06. The van der Waals surface area contributed by atoms with Gasteiger partial charge in [0.05, 0.1) is 18.2 Å². The molecule has 0 saturated carbocycles. The SMILES string of the molecule is O=C(NC1CN2CCC1CC2)c1ccc(Oc2ccc(N3CCOCC3)s2)cc1. The predicted octanol–water partition coefficient (Wildman–Crippen LogP) is 3.20. The molecule has 7 heteroatoms. The number of hydrogen-bond donors (Lipinski definition) is 1. The molecular formula is C22H27N3O3S. The average Bonchev–Trinajstić information content (AvgIpc) is 3.24. The Morgan fingerprint density at radius 1 is 1.03 bits per heavy atom. The first kappa shape index (κ1) is 18.9. The second-order valence-electron chi connectivity index (χ2n) is 8.04. The molecule has 0 radical (unpaired) electrons. The van der Waals surface area contributed by atoms with Crippen LogP contribution in [0.25, 0.3) is 0 Å². The van der Waals surface area contributed by atoms with E-state index in [4.69, 9.17) is 9.47 Å². The van der Waals surface area contributed by atoms with Gasteiger partial charge in [-0.3, -0.25) is 4.79 Å². The molecular weight excluding hydrogens is 386 g/mol. The number of amides is 1. The number of nitrogens with zero attached hydrogens (tertiary/aromatic N) is 2. The van der Waals surface area contributed by atoms with Crippen molar-refractivity contribution in [1.29, 1.82) is 0 Å². The molecule has 4 fully saturated rings. The van der Waals surface area contributed by atoms with Gasteiger partial charge in [0.2, 0.25) is 0 Å². The molecule has 2 aromatic rings. The van der Waals surface area contributed by atoms with E-state index >= 15 is 0 Å². The van der Waals surface area contributed by atoms with Crippen LogP contribution in [0.3, 0.4) is 0 Å². The summed E-state index contributed by atoms with van der Waals surface area (Å²) in [6.07, 6.45) is 2.40. The van der Waals surface area contributed by atoms with Gasteiger partial charge in [-0.1, -0.05) is 11.3 Å². The van der Waals surface area contributed by atoms with Crippen LogP contribution in [0.15, 0.2) is 36.4 Å². The normalized spacial score (nSPS) is 26.3. The number of ether oxygens (including phenoxy) is 2. The lowest BCUT2D eigenvalue weighted by Gasteiger charge is -2.44. The first-order valence-corrected chi connectivity index (χ1v) is 11.3. The molecule has 1 atom stereocenters. The van der Waals surface area contributed by atoms with Gasteiger partial charge in [-0.05, 0) is 68.2 Å². The maximum atomic E-state index is 12.7. The van der Waals surface area contributed by atoms with Crippen LogP contribution in [0.4, 0.5) is 5.00 Å². The summed E-state index contributed by atoms with van der Waals surface area (Å²) >= 11 is 1.64. The van der Waals surface area contributed by atoms with Gasteiger partial charge in [0.1, 0.15) is 5.75 Å². The number of nitrogens with one attached hydrogen (secondary N) is 1. The van der Waals surface area contributed by atoms with Crippen LogP contribution < -0.4 is 15.0 Å². The Balaban J connectivity index is 1.18. The van der Waals surface area contributed by atoms with Crippen molar-refractivity contribution < 1.29 is 14.3 Å². The van der Waals surface area contributed by atoms with E-state index in [0.717, 1.165) is 43.7 Å². The molecule has 6 rings (SSSR count). The molecule has 1 aromatic heterocycles. The number of benzene rings is 1. The molecule has 154 valence electrons. The van der Waals surface area contributed by atoms with Gasteiger partial charge < -0.3 is 24.6 Å². The minimum atomic E-state index is 0.0148. The smallest absolute Gasteiger partial charge is 0.251 e. The molecule has 4 saturated heterocycles. The fourth-order valence-corrected chi connectivity index (χ4v) is 5.42. The van der Waals surface area contributed by atoms with Gasteiger partial charge in [0.15, 0.2) is 5.06 Å². The highest BCUT2D eigenvalue weighted by molar-refractivity contribution is 7.17. The van der Waals surface area contributed by atoms with Crippen molar-refractivity contribution in [2.24, 2.45) is 5.92 Å². The fraction of sp³-hybridized carbons (Fsp3) is 0.500. The Bertz CT molecular complexity index is 839. The summed E-state index contributed by atoms with van der Waals surface area (Å²) in [4.78, 5) is 17.4. The van der Waals surface area contributed by atoms with Crippen LogP contribution in [-0.4, -0.2) is 62.8 Å². The molecule has 1 unspecified atom stereocenters. The van der Waals surface area contributed by atoms with Crippen molar-refractivity contribution in [3.63, 3.8) is 0 Å². The highest BCUT2D eigenvalue weighted by Crippen LogP contribution is 2.35. The number of rotatable bonds is 5. The van der Waals surface area contributed by atoms with Gasteiger partial charge in [-0.2, -0.15) is 0 Å². The Morgan fingerprint density at radius 3 is 2.48 bits per heavy atom. The number of thiophene rings is 1. The molecule has 5 heterocycles. The van der Waals surface area contributed by atoms with Crippen molar-refractivity contribution in [3.8, 4) is 10.8 Å². The number of piperidine rings is 3. The van der Waals surface area contributed by atoms with Crippen LogP contribution in [0.1, 0.15) is 23.2 Å². The lowest BCUT2D eigenvalue weighted by Crippen LogP contribution is -2.57. The highest BCUT2D eigenvalue weighted by Gasteiger charge is 2.34. The molecule has 4 aliphatic heterocycles. The van der Waals surface area contributed by atoms with Crippen LogP contribution >= 0.6 is 11.3 Å². The van der Waals surface area contributed by atoms with E-state index in [2.05, 4.69) is 21.2 Å². The van der Waals surface area contributed by atoms with Crippen molar-refractivity contribution in [2.75, 3.05) is 50.8 Å². The summed E-state index contributed by atoms with van der Waals surface area (Å²) in [5.74, 6) is 1.40. The quantitative estimate of drug-likeness (QED) is 0.816. The Hall–Kier alpha value is -2.09. The third-order valence-corrected chi connectivity index (χ3v) is 7.22. The Kier molecular flexibility index (Phi) is 5.44. The zero-order chi connectivity index (χ0) is 19.6. The minimum absolute atomic E-state index is 0.0148. The molecule has 1 amide bonds. The third kappa shape index (κ3) is 4.27. The molecule has 4 aliphatic rings. The fourth-order valence-electron chi connectivity index (χ4n) is 4.49. The summed E-state index contributed by atoms with van der Waals surface area (Å²) in [6, 6.07) is 11.8. The first-order valence-electron chi connectivity index (χ1n) is 10.5.